The molecular weight excluding hydrogens is 466 g/mol. The average molecular weight is 472 g/mol. The Balaban J connectivity index is 2.09. The predicted octanol–water partition coefficient (Wildman–Crippen LogP) is 1.28. The maximum atomic E-state index is 4.38. The van der Waals surface area contributed by atoms with Crippen molar-refractivity contribution < 1.29 is 0 Å². The van der Waals surface area contributed by atoms with Gasteiger partial charge < -0.3 is 0 Å². The monoisotopic (exact) mass is 472 g/mol. The molecule has 2 aromatic heterocycles. The molecule has 16 heavy (non-hydrogen) atoms. The zero-order chi connectivity index (χ0) is 11.4. The van der Waals surface area contributed by atoms with Crippen molar-refractivity contribution in [3.05, 3.63) is 45.6 Å². The number of hydrogen-bond donors (Lipinski definition) is 0. The molecule has 6 heteroatoms. The van der Waals surface area contributed by atoms with Crippen LogP contribution in [-0.4, -0.2) is 36.2 Å². The molecule has 0 aliphatic carbocycles. The first-order valence-electron chi connectivity index (χ1n) is 4.33. The van der Waals surface area contributed by atoms with Crippen LogP contribution in [0.5, 0.6) is 0 Å². The van der Waals surface area contributed by atoms with Gasteiger partial charge in [0.2, 0.25) is 0 Å². The topological polar surface area (TPSA) is 25.8 Å². The van der Waals surface area contributed by atoms with Crippen LogP contribution in [0, 0.1) is 0 Å². The second-order valence-corrected chi connectivity index (χ2v) is 10.4. The van der Waals surface area contributed by atoms with Gasteiger partial charge in [-0.05, 0) is 0 Å². The average Bonchev–Trinajstić information content (AvgIpc) is 2.30. The minimum absolute atomic E-state index is 0.365. The molecule has 2 aromatic rings. The molecule has 2 rings (SSSR count). The molecule has 0 spiro atoms. The van der Waals surface area contributed by atoms with Gasteiger partial charge in [0, 0.05) is 0 Å². The zero-order valence-corrected chi connectivity index (χ0v) is 14.5. The van der Waals surface area contributed by atoms with Crippen LogP contribution in [0.3, 0.4) is 0 Å². The van der Waals surface area contributed by atoms with Gasteiger partial charge in [0.1, 0.15) is 0 Å². The fourth-order valence-electron chi connectivity index (χ4n) is 0.944. The number of hydrogen-bond acceptors (Lipinski definition) is 2. The molecule has 0 aliphatic rings. The first kappa shape index (κ1) is 12.7. The maximum absolute atomic E-state index is 4.38. The Morgan fingerprint density at radius 2 is 1.25 bits per heavy atom. The quantitative estimate of drug-likeness (QED) is 0.630. The molecule has 0 saturated carbocycles. The van der Waals surface area contributed by atoms with Gasteiger partial charge in [0.15, 0.2) is 0 Å². The van der Waals surface area contributed by atoms with Gasteiger partial charge >= 0.3 is 123 Å². The molecule has 2 heterocycles. The Morgan fingerprint density at radius 3 is 1.62 bits per heavy atom. The van der Waals surface area contributed by atoms with Crippen LogP contribution < -0.4 is 9.18 Å². The Kier molecular flexibility index (Phi) is 5.01. The zero-order valence-electron chi connectivity index (χ0n) is 7.93. The first-order chi connectivity index (χ1) is 7.77. The Morgan fingerprint density at radius 1 is 0.812 bits per heavy atom. The van der Waals surface area contributed by atoms with Crippen LogP contribution in [0.2, 0.25) is 0 Å². The molecule has 0 saturated heterocycles. The van der Waals surface area contributed by atoms with Gasteiger partial charge in [0.25, 0.3) is 0 Å². The first-order valence-corrected chi connectivity index (χ1v) is 12.0. The molecule has 0 fully saturated rings. The van der Waals surface area contributed by atoms with E-state index in [1.54, 1.807) is 0 Å². The van der Waals surface area contributed by atoms with E-state index in [9.17, 15) is 0 Å². The third-order valence-electron chi connectivity index (χ3n) is 1.65. The van der Waals surface area contributed by atoms with Crippen molar-refractivity contribution >= 4 is 67.3 Å². The van der Waals surface area contributed by atoms with Crippen molar-refractivity contribution in [3.8, 4) is 0 Å². The summed E-state index contributed by atoms with van der Waals surface area (Å²) in [6, 6.07) is 7.95. The molecule has 0 N–H and O–H groups in total. The second kappa shape index (κ2) is 6.29. The Hall–Kier alpha value is 0.299. The molecular formula is C10H6Br2N2Se2. The summed E-state index contributed by atoms with van der Waals surface area (Å²) in [5.41, 5.74) is 0. The molecule has 0 atom stereocenters. The summed E-state index contributed by atoms with van der Waals surface area (Å²) >= 11 is 7.77. The van der Waals surface area contributed by atoms with Crippen molar-refractivity contribution in [2.24, 2.45) is 0 Å². The Bertz CT molecular complexity index is 448. The van der Waals surface area contributed by atoms with Crippen LogP contribution in [0.4, 0.5) is 0 Å². The molecule has 0 unspecified atom stereocenters. The van der Waals surface area contributed by atoms with E-state index >= 15 is 0 Å². The molecule has 2 nitrogen and oxygen atoms in total. The predicted molar refractivity (Wildman–Crippen MR) is 74.7 cm³/mol. The van der Waals surface area contributed by atoms with Gasteiger partial charge in [0.05, 0.1) is 0 Å². The van der Waals surface area contributed by atoms with Crippen LogP contribution in [0.25, 0.3) is 0 Å². The second-order valence-electron chi connectivity index (χ2n) is 2.75. The van der Waals surface area contributed by atoms with Gasteiger partial charge in [-0.3, -0.25) is 0 Å². The molecule has 0 bridgehead atoms. The summed E-state index contributed by atoms with van der Waals surface area (Å²) in [6.45, 7) is 0. The van der Waals surface area contributed by atoms with Crippen LogP contribution in [0.1, 0.15) is 0 Å². The summed E-state index contributed by atoms with van der Waals surface area (Å²) in [6.07, 6.45) is 3.68. The van der Waals surface area contributed by atoms with E-state index in [1.165, 1.54) is 0 Å². The van der Waals surface area contributed by atoms with E-state index in [2.05, 4.69) is 41.8 Å². The van der Waals surface area contributed by atoms with Crippen LogP contribution >= 0.6 is 31.9 Å². The SMILES string of the molecule is Brc1cccnc1[Se][Se]c1ncccc1Br. The van der Waals surface area contributed by atoms with Crippen molar-refractivity contribution in [1.82, 2.24) is 9.97 Å². The standard InChI is InChI=1S/C10H6Br2N2Se2/c11-7-3-1-5-13-9(7)15-16-10-8(12)4-2-6-14-10/h1-6H. The van der Waals surface area contributed by atoms with E-state index in [0.29, 0.717) is 26.3 Å². The fraction of sp³-hybridized carbons (Fsp3) is 0. The van der Waals surface area contributed by atoms with Gasteiger partial charge in [-0.15, -0.1) is 0 Å². The molecule has 0 aliphatic heterocycles. The van der Waals surface area contributed by atoms with E-state index in [0.717, 1.165) is 18.1 Å². The van der Waals surface area contributed by atoms with Crippen molar-refractivity contribution in [1.29, 1.82) is 0 Å². The summed E-state index contributed by atoms with van der Waals surface area (Å²) in [7, 11) is 0. The van der Waals surface area contributed by atoms with Crippen LogP contribution in [-0.2, 0) is 0 Å². The summed E-state index contributed by atoms with van der Waals surface area (Å²) in [4.78, 5) is 8.75. The van der Waals surface area contributed by atoms with E-state index in [4.69, 9.17) is 0 Å². The van der Waals surface area contributed by atoms with Crippen LogP contribution in [0.15, 0.2) is 45.6 Å². The minimum atomic E-state index is 0.365. The van der Waals surface area contributed by atoms with Gasteiger partial charge in [-0.25, -0.2) is 0 Å². The van der Waals surface area contributed by atoms with Crippen molar-refractivity contribution in [3.63, 3.8) is 0 Å². The summed E-state index contributed by atoms with van der Waals surface area (Å²) in [5, 5.41) is 0. The van der Waals surface area contributed by atoms with Crippen molar-refractivity contribution in [2.75, 3.05) is 0 Å². The van der Waals surface area contributed by atoms with E-state index < -0.39 is 0 Å². The number of halogens is 2. The summed E-state index contributed by atoms with van der Waals surface area (Å²) in [5.74, 6) is 0. The van der Waals surface area contributed by atoms with Gasteiger partial charge in [-0.2, -0.15) is 0 Å². The third kappa shape index (κ3) is 3.39. The number of aromatic nitrogens is 2. The third-order valence-corrected chi connectivity index (χ3v) is 10.7. The normalized spacial score (nSPS) is 10.4. The van der Waals surface area contributed by atoms with Crippen molar-refractivity contribution in [2.45, 2.75) is 0 Å². The molecule has 0 amide bonds. The van der Waals surface area contributed by atoms with E-state index in [1.807, 2.05) is 36.7 Å². The van der Waals surface area contributed by atoms with E-state index in [-0.39, 0.29) is 0 Å². The molecule has 0 aromatic carbocycles. The molecule has 82 valence electrons. The Labute approximate surface area is 122 Å². The number of rotatable bonds is 3. The number of nitrogens with zero attached hydrogens (tertiary/aromatic N) is 2. The van der Waals surface area contributed by atoms with Gasteiger partial charge in [-0.1, -0.05) is 0 Å². The fourth-order valence-corrected chi connectivity index (χ4v) is 10.8. The number of pyridine rings is 2. The summed E-state index contributed by atoms with van der Waals surface area (Å²) < 4.78 is 4.52. The molecule has 0 radical (unpaired) electrons.